The molecule has 5 aliphatic rings. The van der Waals surface area contributed by atoms with Crippen LogP contribution >= 0.6 is 0 Å². The molecule has 0 saturated carbocycles. The highest BCUT2D eigenvalue weighted by atomic mass is 19.1. The van der Waals surface area contributed by atoms with Crippen LogP contribution in [-0.4, -0.2) is 83.6 Å². The van der Waals surface area contributed by atoms with Crippen LogP contribution in [0, 0.1) is 11.3 Å². The van der Waals surface area contributed by atoms with Crippen LogP contribution in [0.15, 0.2) is 18.2 Å². The zero-order valence-electron chi connectivity index (χ0n) is 27.7. The van der Waals surface area contributed by atoms with Gasteiger partial charge in [0.25, 0.3) is 0 Å². The van der Waals surface area contributed by atoms with E-state index in [-0.39, 0.29) is 11.6 Å². The van der Waals surface area contributed by atoms with E-state index < -0.39 is 23.5 Å². The fourth-order valence-corrected chi connectivity index (χ4v) is 8.31. The lowest BCUT2D eigenvalue weighted by Crippen LogP contribution is -2.51. The number of nitrogens with zero attached hydrogens (tertiary/aromatic N) is 5. The second-order valence-electron chi connectivity index (χ2n) is 14.9. The maximum absolute atomic E-state index is 14.5. The van der Waals surface area contributed by atoms with Gasteiger partial charge in [-0.25, -0.2) is 9.18 Å². The van der Waals surface area contributed by atoms with Crippen LogP contribution in [0.5, 0.6) is 6.01 Å². The second kappa shape index (κ2) is 12.5. The third-order valence-corrected chi connectivity index (χ3v) is 10.4. The Morgan fingerprint density at radius 3 is 2.94 bits per heavy atom. The lowest BCUT2D eigenvalue weighted by molar-refractivity contribution is -0.0855. The van der Waals surface area contributed by atoms with Gasteiger partial charge in [0.05, 0.1) is 35.9 Å². The van der Waals surface area contributed by atoms with E-state index in [2.05, 4.69) is 32.6 Å². The number of nitriles is 1. The van der Waals surface area contributed by atoms with Crippen molar-refractivity contribution in [3.8, 4) is 12.1 Å². The molecule has 1 spiro atoms. The third-order valence-electron chi connectivity index (χ3n) is 10.4. The average molecular weight is 648 g/mol. The number of aromatic nitrogens is 2. The number of carbonyl (C=O) groups excluding carboxylic acids is 1. The molecule has 4 atom stereocenters. The molecule has 12 heteroatoms. The molecule has 1 aliphatic carbocycles. The number of ether oxygens (including phenoxy) is 3. The standard InChI is InChI=1S/C35H46FN7O4/c1-33(2,3)47-32(44)39-25-8-7-23-6-4-11-35(28(23)16-25)18-29-27(21-46-35)30(42-15-13-38-26(20-42)9-12-37)41-31(40-29)45-22-34-10-5-14-43(34)19-24(36)17-34/h7-8,16,24,26,38H,4-6,9-11,13-15,17-22H2,1-3H3,(H,39,44)/t24-,26+,34+,35+/m1/s1. The van der Waals surface area contributed by atoms with Gasteiger partial charge < -0.3 is 24.4 Å². The number of carbonyl (C=O) groups is 1. The molecule has 0 radical (unpaired) electrons. The largest absolute Gasteiger partial charge is 0.461 e. The lowest BCUT2D eigenvalue weighted by atomic mass is 9.74. The Morgan fingerprint density at radius 2 is 2.11 bits per heavy atom. The van der Waals surface area contributed by atoms with Gasteiger partial charge in [-0.2, -0.15) is 15.2 Å². The molecule has 0 unspecified atom stereocenters. The summed E-state index contributed by atoms with van der Waals surface area (Å²) in [5.41, 5.74) is 3.22. The summed E-state index contributed by atoms with van der Waals surface area (Å²) < 4.78 is 33.3. The molecule has 0 bridgehead atoms. The van der Waals surface area contributed by atoms with Crippen LogP contribution in [0.2, 0.25) is 0 Å². The zero-order chi connectivity index (χ0) is 32.8. The summed E-state index contributed by atoms with van der Waals surface area (Å²) in [6, 6.07) is 8.65. The van der Waals surface area contributed by atoms with Crippen LogP contribution in [0.25, 0.3) is 0 Å². The fraction of sp³-hybridized carbons (Fsp3) is 0.657. The third kappa shape index (κ3) is 6.50. The molecule has 47 heavy (non-hydrogen) atoms. The number of hydrogen-bond donors (Lipinski definition) is 2. The molecule has 4 aliphatic heterocycles. The minimum Gasteiger partial charge on any atom is -0.461 e. The van der Waals surface area contributed by atoms with E-state index in [1.54, 1.807) is 0 Å². The first-order valence-electron chi connectivity index (χ1n) is 17.1. The van der Waals surface area contributed by atoms with Crippen molar-refractivity contribution in [1.82, 2.24) is 20.2 Å². The summed E-state index contributed by atoms with van der Waals surface area (Å²) in [7, 11) is 0. The Kier molecular flexibility index (Phi) is 8.51. The predicted molar refractivity (Wildman–Crippen MR) is 174 cm³/mol. The van der Waals surface area contributed by atoms with Crippen LogP contribution < -0.4 is 20.3 Å². The molecule has 2 aromatic rings. The van der Waals surface area contributed by atoms with Gasteiger partial charge >= 0.3 is 12.1 Å². The Hall–Kier alpha value is -3.53. The van der Waals surface area contributed by atoms with E-state index >= 15 is 0 Å². The number of anilines is 2. The van der Waals surface area contributed by atoms with Crippen molar-refractivity contribution < 1.29 is 23.4 Å². The summed E-state index contributed by atoms with van der Waals surface area (Å²) in [5.74, 6) is 0.788. The van der Waals surface area contributed by atoms with Crippen LogP contribution in [-0.2, 0) is 34.5 Å². The van der Waals surface area contributed by atoms with E-state index in [1.807, 2.05) is 32.9 Å². The molecular weight excluding hydrogens is 601 g/mol. The molecule has 1 aromatic carbocycles. The summed E-state index contributed by atoms with van der Waals surface area (Å²) in [4.78, 5) is 27.1. The van der Waals surface area contributed by atoms with Gasteiger partial charge in [0.15, 0.2) is 0 Å². The first-order chi connectivity index (χ1) is 22.5. The van der Waals surface area contributed by atoms with Crippen molar-refractivity contribution in [2.24, 2.45) is 0 Å². The molecule has 3 fully saturated rings. The van der Waals surface area contributed by atoms with Crippen LogP contribution in [0.1, 0.15) is 81.7 Å². The first kappa shape index (κ1) is 32.0. The number of hydrogen-bond acceptors (Lipinski definition) is 10. The number of amides is 1. The van der Waals surface area contributed by atoms with Gasteiger partial charge in [0, 0.05) is 56.3 Å². The van der Waals surface area contributed by atoms with Crippen molar-refractivity contribution in [3.05, 3.63) is 40.6 Å². The van der Waals surface area contributed by atoms with Gasteiger partial charge in [-0.05, 0) is 82.7 Å². The monoisotopic (exact) mass is 647 g/mol. The van der Waals surface area contributed by atoms with Crippen LogP contribution in [0.4, 0.5) is 20.7 Å². The zero-order valence-corrected chi connectivity index (χ0v) is 27.7. The number of halogens is 1. The maximum atomic E-state index is 14.5. The van der Waals surface area contributed by atoms with E-state index in [4.69, 9.17) is 24.2 Å². The molecule has 11 nitrogen and oxygen atoms in total. The topological polar surface area (TPSA) is 125 Å². The van der Waals surface area contributed by atoms with Gasteiger partial charge in [-0.15, -0.1) is 0 Å². The predicted octanol–water partition coefficient (Wildman–Crippen LogP) is 4.78. The minimum absolute atomic E-state index is 0.0339. The molecule has 1 amide bonds. The van der Waals surface area contributed by atoms with Gasteiger partial charge in [-0.1, -0.05) is 6.07 Å². The van der Waals surface area contributed by atoms with E-state index in [0.29, 0.717) is 57.3 Å². The summed E-state index contributed by atoms with van der Waals surface area (Å²) >= 11 is 0. The second-order valence-corrected chi connectivity index (χ2v) is 14.9. The van der Waals surface area contributed by atoms with Gasteiger partial charge in [0.2, 0.25) is 0 Å². The Morgan fingerprint density at radius 1 is 1.23 bits per heavy atom. The highest BCUT2D eigenvalue weighted by molar-refractivity contribution is 5.85. The lowest BCUT2D eigenvalue weighted by Gasteiger charge is -2.43. The SMILES string of the molecule is CC(C)(C)OC(=O)Nc1ccc2c(c1)[C@]1(CCC2)Cc2nc(OC[C@@]34CCCN3C[C@H](F)C4)nc(N3CCN[C@@H](CC#N)C3)c2CO1. The number of fused-ring (bicyclic) bond motifs is 4. The van der Waals surface area contributed by atoms with Gasteiger partial charge in [-0.3, -0.25) is 10.2 Å². The van der Waals surface area contributed by atoms with Crippen molar-refractivity contribution in [2.45, 2.75) is 108 Å². The minimum atomic E-state index is -0.838. The molecule has 2 N–H and O–H groups in total. The Bertz CT molecular complexity index is 1560. The highest BCUT2D eigenvalue weighted by Crippen LogP contribution is 2.47. The summed E-state index contributed by atoms with van der Waals surface area (Å²) in [5, 5.41) is 15.7. The highest BCUT2D eigenvalue weighted by Gasteiger charge is 2.50. The number of rotatable bonds is 6. The summed E-state index contributed by atoms with van der Waals surface area (Å²) in [6.45, 7) is 9.69. The van der Waals surface area contributed by atoms with Crippen molar-refractivity contribution >= 4 is 17.6 Å². The Labute approximate surface area is 276 Å². The molecule has 5 heterocycles. The van der Waals surface area contributed by atoms with E-state index in [0.717, 1.165) is 74.4 Å². The number of aryl methyl sites for hydroxylation is 1. The normalized spacial score (nSPS) is 28.7. The summed E-state index contributed by atoms with van der Waals surface area (Å²) in [6.07, 6.45) is 4.76. The first-order valence-corrected chi connectivity index (χ1v) is 17.1. The number of piperazine rings is 1. The smallest absolute Gasteiger partial charge is 0.412 e. The Balaban J connectivity index is 1.21. The van der Waals surface area contributed by atoms with Crippen molar-refractivity contribution in [3.63, 3.8) is 0 Å². The van der Waals surface area contributed by atoms with E-state index in [9.17, 15) is 14.4 Å². The fourth-order valence-electron chi connectivity index (χ4n) is 8.31. The maximum Gasteiger partial charge on any atom is 0.412 e. The van der Waals surface area contributed by atoms with Crippen molar-refractivity contribution in [1.29, 1.82) is 5.26 Å². The number of alkyl halides is 1. The van der Waals surface area contributed by atoms with Crippen LogP contribution in [0.3, 0.4) is 0 Å². The quantitative estimate of drug-likeness (QED) is 0.453. The van der Waals surface area contributed by atoms with E-state index in [1.165, 1.54) is 5.56 Å². The number of benzene rings is 1. The molecule has 252 valence electrons. The molecular formula is C35H46FN7O4. The van der Waals surface area contributed by atoms with Crippen molar-refractivity contribution in [2.75, 3.05) is 49.5 Å². The molecule has 3 saturated heterocycles. The molecule has 7 rings (SSSR count). The number of nitrogens with one attached hydrogen (secondary N) is 2. The molecule has 1 aromatic heterocycles. The van der Waals surface area contributed by atoms with Gasteiger partial charge in [0.1, 0.15) is 24.2 Å². The average Bonchev–Trinajstić information content (AvgIpc) is 3.55.